The maximum Gasteiger partial charge on any atom is 0.217 e. The van der Waals surface area contributed by atoms with Gasteiger partial charge >= 0.3 is 0 Å². The molecular formula is C13H20N2O4S. The molecule has 7 heteroatoms. The van der Waals surface area contributed by atoms with Crippen molar-refractivity contribution in [3.63, 3.8) is 0 Å². The number of anilines is 1. The minimum atomic E-state index is -3.38. The molecule has 6 nitrogen and oxygen atoms in total. The molecule has 1 aromatic rings. The first kappa shape index (κ1) is 15.1. The number of nitrogens with two attached hydrogens (primary N) is 1. The summed E-state index contributed by atoms with van der Waals surface area (Å²) < 4.78 is 31.1. The maximum atomic E-state index is 12.2. The van der Waals surface area contributed by atoms with Gasteiger partial charge in [-0.3, -0.25) is 0 Å². The number of aliphatic hydroxyl groups is 1. The second kappa shape index (κ2) is 6.43. The van der Waals surface area contributed by atoms with Crippen LogP contribution in [0.3, 0.4) is 0 Å². The maximum absolute atomic E-state index is 12.2. The summed E-state index contributed by atoms with van der Waals surface area (Å²) in [5.74, 6) is 0.503. The number of sulfonamides is 1. The van der Waals surface area contributed by atoms with Gasteiger partial charge in [0, 0.05) is 18.3 Å². The van der Waals surface area contributed by atoms with Crippen molar-refractivity contribution in [2.24, 2.45) is 0 Å². The van der Waals surface area contributed by atoms with E-state index in [0.29, 0.717) is 24.4 Å². The molecule has 0 saturated carbocycles. The molecule has 1 aromatic carbocycles. The van der Waals surface area contributed by atoms with Crippen LogP contribution in [0, 0.1) is 0 Å². The SMILES string of the molecule is Nc1ccc(OCCS(=O)(=O)N2CCC[C@@H]2CO)cc1. The minimum absolute atomic E-state index is 0.0842. The van der Waals surface area contributed by atoms with E-state index in [2.05, 4.69) is 0 Å². The van der Waals surface area contributed by atoms with E-state index in [1.54, 1.807) is 24.3 Å². The highest BCUT2D eigenvalue weighted by atomic mass is 32.2. The highest BCUT2D eigenvalue weighted by Crippen LogP contribution is 2.21. The normalized spacial score (nSPS) is 20.1. The van der Waals surface area contributed by atoms with Crippen molar-refractivity contribution in [1.82, 2.24) is 4.31 Å². The average molecular weight is 300 g/mol. The molecule has 0 bridgehead atoms. The summed E-state index contributed by atoms with van der Waals surface area (Å²) in [4.78, 5) is 0. The van der Waals surface area contributed by atoms with Gasteiger partial charge in [-0.05, 0) is 37.1 Å². The summed E-state index contributed by atoms with van der Waals surface area (Å²) in [7, 11) is -3.38. The molecule has 1 heterocycles. The predicted molar refractivity (Wildman–Crippen MR) is 77.0 cm³/mol. The molecular weight excluding hydrogens is 280 g/mol. The van der Waals surface area contributed by atoms with E-state index in [9.17, 15) is 13.5 Å². The van der Waals surface area contributed by atoms with Crippen molar-refractivity contribution in [2.75, 3.05) is 31.2 Å². The molecule has 0 amide bonds. The molecule has 1 atom stereocenters. The Morgan fingerprint density at radius 1 is 1.35 bits per heavy atom. The van der Waals surface area contributed by atoms with E-state index in [4.69, 9.17) is 10.5 Å². The third kappa shape index (κ3) is 3.62. The van der Waals surface area contributed by atoms with Crippen LogP contribution in [0.5, 0.6) is 5.75 Å². The molecule has 0 aliphatic carbocycles. The van der Waals surface area contributed by atoms with Crippen LogP contribution in [0.2, 0.25) is 0 Å². The fraction of sp³-hybridized carbons (Fsp3) is 0.538. The molecule has 1 fully saturated rings. The van der Waals surface area contributed by atoms with E-state index < -0.39 is 10.0 Å². The first-order valence-electron chi connectivity index (χ1n) is 6.61. The van der Waals surface area contributed by atoms with Crippen LogP contribution in [0.25, 0.3) is 0 Å². The lowest BCUT2D eigenvalue weighted by molar-refractivity contribution is 0.212. The lowest BCUT2D eigenvalue weighted by atomic mass is 10.2. The Hall–Kier alpha value is -1.31. The molecule has 20 heavy (non-hydrogen) atoms. The summed E-state index contributed by atoms with van der Waals surface area (Å²) >= 11 is 0. The zero-order valence-electron chi connectivity index (χ0n) is 11.2. The fourth-order valence-electron chi connectivity index (χ4n) is 2.30. The molecule has 0 unspecified atom stereocenters. The average Bonchev–Trinajstić information content (AvgIpc) is 2.90. The quantitative estimate of drug-likeness (QED) is 0.743. The van der Waals surface area contributed by atoms with Crippen LogP contribution in [-0.4, -0.2) is 49.4 Å². The summed E-state index contributed by atoms with van der Waals surface area (Å²) in [5.41, 5.74) is 6.19. The van der Waals surface area contributed by atoms with Crippen molar-refractivity contribution in [3.05, 3.63) is 24.3 Å². The summed E-state index contributed by atoms with van der Waals surface area (Å²) in [6, 6.07) is 6.53. The Morgan fingerprint density at radius 2 is 2.05 bits per heavy atom. The number of nitrogen functional groups attached to an aromatic ring is 1. The fourth-order valence-corrected chi connectivity index (χ4v) is 3.87. The van der Waals surface area contributed by atoms with Gasteiger partial charge in [0.05, 0.1) is 12.4 Å². The standard InChI is InChI=1S/C13H20N2O4S/c14-11-3-5-13(6-4-11)19-8-9-20(17,18)15-7-1-2-12(15)10-16/h3-6,12,16H,1-2,7-10,14H2/t12-/m1/s1. The van der Waals surface area contributed by atoms with Gasteiger partial charge in [0.25, 0.3) is 0 Å². The monoisotopic (exact) mass is 300 g/mol. The van der Waals surface area contributed by atoms with Crippen molar-refractivity contribution >= 4 is 15.7 Å². The van der Waals surface area contributed by atoms with Gasteiger partial charge in [0.15, 0.2) is 0 Å². The molecule has 0 spiro atoms. The number of aliphatic hydroxyl groups excluding tert-OH is 1. The number of benzene rings is 1. The summed E-state index contributed by atoms with van der Waals surface area (Å²) in [6.45, 7) is 0.439. The Balaban J connectivity index is 1.88. The number of nitrogens with zero attached hydrogens (tertiary/aromatic N) is 1. The molecule has 3 N–H and O–H groups in total. The third-order valence-corrected chi connectivity index (χ3v) is 5.26. The van der Waals surface area contributed by atoms with Crippen LogP contribution >= 0.6 is 0 Å². The highest BCUT2D eigenvalue weighted by Gasteiger charge is 2.33. The van der Waals surface area contributed by atoms with E-state index in [1.807, 2.05) is 0 Å². The Kier molecular flexibility index (Phi) is 4.85. The van der Waals surface area contributed by atoms with Gasteiger partial charge in [0.1, 0.15) is 12.4 Å². The van der Waals surface area contributed by atoms with E-state index >= 15 is 0 Å². The number of rotatable bonds is 6. The molecule has 0 radical (unpaired) electrons. The van der Waals surface area contributed by atoms with Gasteiger partial charge in [-0.25, -0.2) is 8.42 Å². The van der Waals surface area contributed by atoms with Crippen molar-refractivity contribution < 1.29 is 18.3 Å². The number of hydrogen-bond donors (Lipinski definition) is 2. The van der Waals surface area contributed by atoms with Gasteiger partial charge in [-0.1, -0.05) is 0 Å². The first-order chi connectivity index (χ1) is 9.53. The lowest BCUT2D eigenvalue weighted by Gasteiger charge is -2.22. The van der Waals surface area contributed by atoms with Crippen LogP contribution in [0.15, 0.2) is 24.3 Å². The largest absolute Gasteiger partial charge is 0.492 e. The predicted octanol–water partition coefficient (Wildman–Crippen LogP) is 0.434. The van der Waals surface area contributed by atoms with E-state index in [1.165, 1.54) is 4.31 Å². The van der Waals surface area contributed by atoms with Gasteiger partial charge in [-0.2, -0.15) is 4.31 Å². The van der Waals surface area contributed by atoms with Gasteiger partial charge in [-0.15, -0.1) is 0 Å². The van der Waals surface area contributed by atoms with Crippen molar-refractivity contribution in [2.45, 2.75) is 18.9 Å². The summed E-state index contributed by atoms with van der Waals surface area (Å²) in [6.07, 6.45) is 1.51. The summed E-state index contributed by atoms with van der Waals surface area (Å²) in [5, 5.41) is 9.18. The van der Waals surface area contributed by atoms with Gasteiger partial charge in [0.2, 0.25) is 10.0 Å². The van der Waals surface area contributed by atoms with Crippen LogP contribution in [0.4, 0.5) is 5.69 Å². The van der Waals surface area contributed by atoms with Crippen LogP contribution in [-0.2, 0) is 10.0 Å². The van der Waals surface area contributed by atoms with Crippen molar-refractivity contribution in [1.29, 1.82) is 0 Å². The molecule has 1 aliphatic heterocycles. The molecule has 2 rings (SSSR count). The van der Waals surface area contributed by atoms with Crippen LogP contribution in [0.1, 0.15) is 12.8 Å². The molecule has 1 saturated heterocycles. The number of hydrogen-bond acceptors (Lipinski definition) is 5. The van der Waals surface area contributed by atoms with E-state index in [-0.39, 0.29) is 25.0 Å². The third-order valence-electron chi connectivity index (χ3n) is 3.38. The highest BCUT2D eigenvalue weighted by molar-refractivity contribution is 7.89. The van der Waals surface area contributed by atoms with E-state index in [0.717, 1.165) is 6.42 Å². The zero-order chi connectivity index (χ0) is 14.6. The Bertz CT molecular complexity index is 530. The minimum Gasteiger partial charge on any atom is -0.492 e. The number of ether oxygens (including phenoxy) is 1. The van der Waals surface area contributed by atoms with Gasteiger partial charge < -0.3 is 15.6 Å². The Labute approximate surface area is 119 Å². The lowest BCUT2D eigenvalue weighted by Crippen LogP contribution is -2.40. The molecule has 112 valence electrons. The second-order valence-electron chi connectivity index (χ2n) is 4.82. The molecule has 0 aromatic heterocycles. The van der Waals surface area contributed by atoms with Crippen LogP contribution < -0.4 is 10.5 Å². The zero-order valence-corrected chi connectivity index (χ0v) is 12.1. The first-order valence-corrected chi connectivity index (χ1v) is 8.22. The second-order valence-corrected chi connectivity index (χ2v) is 6.86. The molecule has 1 aliphatic rings. The smallest absolute Gasteiger partial charge is 0.217 e. The topological polar surface area (TPSA) is 92.9 Å². The Morgan fingerprint density at radius 3 is 2.70 bits per heavy atom. The van der Waals surface area contributed by atoms with Crippen molar-refractivity contribution in [3.8, 4) is 5.75 Å².